The van der Waals surface area contributed by atoms with Crippen LogP contribution in [0.1, 0.15) is 0 Å². The molecule has 1 aliphatic heterocycles. The summed E-state index contributed by atoms with van der Waals surface area (Å²) >= 11 is 0. The minimum absolute atomic E-state index is 0.213. The Morgan fingerprint density at radius 2 is 1.82 bits per heavy atom. The van der Waals surface area contributed by atoms with Crippen molar-refractivity contribution in [3.8, 4) is 0 Å². The molecule has 1 rings (SSSR count). The topological polar surface area (TPSA) is 103 Å². The molecule has 0 fully saturated rings. The Hall–Kier alpha value is -2.12. The molecule has 0 aromatic heterocycles. The number of nitrogens with one attached hydrogen (secondary N) is 1. The van der Waals surface area contributed by atoms with Gasteiger partial charge in [0.25, 0.3) is 5.91 Å². The summed E-state index contributed by atoms with van der Waals surface area (Å²) in [7, 11) is 3.64. The molecule has 1 aliphatic rings. The smallest absolute Gasteiger partial charge is 0.351 e. The molecular weight excluding hydrogens is 232 g/mol. The number of carbonyl (C=O) groups excluding carboxylic acids is 3. The van der Waals surface area contributed by atoms with Crippen LogP contribution in [0.4, 0.5) is 0 Å². The van der Waals surface area contributed by atoms with E-state index in [1.807, 2.05) is 0 Å². The van der Waals surface area contributed by atoms with Crippen molar-refractivity contribution in [2.75, 3.05) is 21.3 Å². The molecule has 0 radical (unpaired) electrons. The van der Waals surface area contributed by atoms with E-state index < -0.39 is 29.9 Å². The second-order valence-corrected chi connectivity index (χ2v) is 3.11. The number of hydrogen-bond acceptors (Lipinski definition) is 7. The normalized spacial score (nSPS) is 22.2. The van der Waals surface area contributed by atoms with Crippen molar-refractivity contribution in [2.45, 2.75) is 6.10 Å². The van der Waals surface area contributed by atoms with E-state index in [0.29, 0.717) is 0 Å². The molecule has 0 saturated carbocycles. The van der Waals surface area contributed by atoms with E-state index in [1.54, 1.807) is 0 Å². The fraction of sp³-hybridized carbons (Fsp3) is 0.556. The van der Waals surface area contributed by atoms with Crippen molar-refractivity contribution < 1.29 is 28.7 Å². The highest BCUT2D eigenvalue weighted by molar-refractivity contribution is 6.43. The molecule has 0 aromatic carbocycles. The highest BCUT2D eigenvalue weighted by Gasteiger charge is 2.48. The zero-order valence-corrected chi connectivity index (χ0v) is 9.55. The van der Waals surface area contributed by atoms with Crippen LogP contribution in [-0.4, -0.2) is 50.9 Å². The van der Waals surface area contributed by atoms with E-state index in [1.165, 1.54) is 7.05 Å². The second-order valence-electron chi connectivity index (χ2n) is 3.11. The maximum atomic E-state index is 11.5. The van der Waals surface area contributed by atoms with Gasteiger partial charge in [0.2, 0.25) is 6.10 Å². The quantitative estimate of drug-likeness (QED) is 0.603. The molecule has 8 nitrogen and oxygen atoms in total. The van der Waals surface area contributed by atoms with Crippen molar-refractivity contribution in [3.63, 3.8) is 0 Å². The van der Waals surface area contributed by atoms with E-state index in [0.717, 1.165) is 14.2 Å². The zero-order valence-electron chi connectivity index (χ0n) is 9.55. The fourth-order valence-corrected chi connectivity index (χ4v) is 1.34. The summed E-state index contributed by atoms with van der Waals surface area (Å²) in [6, 6.07) is 0. The number of hydrogen-bond donors (Lipinski definition) is 1. The summed E-state index contributed by atoms with van der Waals surface area (Å²) in [6.07, 6.45) is -1.29. The summed E-state index contributed by atoms with van der Waals surface area (Å²) in [5.41, 5.74) is -0.213. The average molecular weight is 244 g/mol. The molecule has 0 bridgehead atoms. The van der Waals surface area contributed by atoms with Gasteiger partial charge in [0, 0.05) is 7.05 Å². The first kappa shape index (κ1) is 12.9. The van der Waals surface area contributed by atoms with Crippen LogP contribution in [0.25, 0.3) is 0 Å². The summed E-state index contributed by atoms with van der Waals surface area (Å²) in [6.45, 7) is 0. The van der Waals surface area contributed by atoms with Gasteiger partial charge in [-0.2, -0.15) is 0 Å². The molecular formula is C9H12N2O6. The monoisotopic (exact) mass is 244 g/mol. The summed E-state index contributed by atoms with van der Waals surface area (Å²) < 4.78 is 8.94. The lowest BCUT2D eigenvalue weighted by Crippen LogP contribution is -2.43. The Morgan fingerprint density at radius 1 is 1.24 bits per heavy atom. The number of methoxy groups -OCH3 is 2. The van der Waals surface area contributed by atoms with E-state index in [-0.39, 0.29) is 5.71 Å². The Kier molecular flexibility index (Phi) is 4.02. The van der Waals surface area contributed by atoms with Gasteiger partial charge in [0.15, 0.2) is 11.6 Å². The molecule has 0 spiro atoms. The molecule has 0 unspecified atom stereocenters. The Labute approximate surface area is 96.9 Å². The molecule has 8 heteroatoms. The van der Waals surface area contributed by atoms with Crippen LogP contribution in [-0.2, 0) is 28.7 Å². The first-order valence-electron chi connectivity index (χ1n) is 4.68. The SMILES string of the molecule is CNC(=O)C1=NO[C@@H](C(=O)OC)[C@H]1C(=O)OC. The van der Waals surface area contributed by atoms with Crippen molar-refractivity contribution in [3.05, 3.63) is 0 Å². The number of amides is 1. The third-order valence-electron chi connectivity index (χ3n) is 2.21. The van der Waals surface area contributed by atoms with Crippen LogP contribution < -0.4 is 5.32 Å². The Balaban J connectivity index is 2.98. The van der Waals surface area contributed by atoms with Crippen LogP contribution in [0.2, 0.25) is 0 Å². The number of oxime groups is 1. The summed E-state index contributed by atoms with van der Waals surface area (Å²) in [4.78, 5) is 39.0. The standard InChI is InChI=1S/C9H12N2O6/c1-10-7(12)5-4(8(13)15-2)6(17-11-5)9(14)16-3/h4,6H,1-3H3,(H,10,12)/t4-,6+/m0/s1. The van der Waals surface area contributed by atoms with Crippen LogP contribution in [0.5, 0.6) is 0 Å². The van der Waals surface area contributed by atoms with Crippen molar-refractivity contribution in [2.24, 2.45) is 11.1 Å². The average Bonchev–Trinajstić information content (AvgIpc) is 2.80. The number of carbonyl (C=O) groups is 3. The number of rotatable bonds is 3. The van der Waals surface area contributed by atoms with E-state index in [9.17, 15) is 14.4 Å². The molecule has 0 aliphatic carbocycles. The predicted molar refractivity (Wildman–Crippen MR) is 53.9 cm³/mol. The van der Waals surface area contributed by atoms with Crippen molar-refractivity contribution in [1.82, 2.24) is 5.32 Å². The van der Waals surface area contributed by atoms with Crippen molar-refractivity contribution in [1.29, 1.82) is 0 Å². The second kappa shape index (κ2) is 5.28. The maximum absolute atomic E-state index is 11.5. The molecule has 0 aromatic rings. The lowest BCUT2D eigenvalue weighted by molar-refractivity contribution is -0.161. The van der Waals surface area contributed by atoms with Crippen LogP contribution in [0.3, 0.4) is 0 Å². The highest BCUT2D eigenvalue weighted by atomic mass is 16.7. The van der Waals surface area contributed by atoms with Crippen LogP contribution >= 0.6 is 0 Å². The first-order valence-corrected chi connectivity index (χ1v) is 4.68. The van der Waals surface area contributed by atoms with Gasteiger partial charge in [-0.25, -0.2) is 4.79 Å². The molecule has 1 amide bonds. The minimum atomic E-state index is -1.29. The first-order chi connectivity index (χ1) is 8.06. The number of nitrogens with zero attached hydrogens (tertiary/aromatic N) is 1. The van der Waals surface area contributed by atoms with Gasteiger partial charge in [-0.15, -0.1) is 0 Å². The zero-order chi connectivity index (χ0) is 13.0. The van der Waals surface area contributed by atoms with Gasteiger partial charge in [-0.1, -0.05) is 5.16 Å². The predicted octanol–water partition coefficient (Wildman–Crippen LogP) is -1.55. The third kappa shape index (κ3) is 2.35. The molecule has 94 valence electrons. The van der Waals surface area contributed by atoms with E-state index in [2.05, 4.69) is 19.9 Å². The van der Waals surface area contributed by atoms with E-state index in [4.69, 9.17) is 4.84 Å². The van der Waals surface area contributed by atoms with E-state index >= 15 is 0 Å². The van der Waals surface area contributed by atoms with Gasteiger partial charge in [-0.3, -0.25) is 9.59 Å². The molecule has 1 N–H and O–H groups in total. The highest BCUT2D eigenvalue weighted by Crippen LogP contribution is 2.21. The Bertz CT molecular complexity index is 378. The number of ether oxygens (including phenoxy) is 2. The van der Waals surface area contributed by atoms with Crippen LogP contribution in [0, 0.1) is 5.92 Å². The lowest BCUT2D eigenvalue weighted by atomic mass is 9.97. The minimum Gasteiger partial charge on any atom is -0.468 e. The maximum Gasteiger partial charge on any atom is 0.351 e. The fourth-order valence-electron chi connectivity index (χ4n) is 1.34. The molecule has 17 heavy (non-hydrogen) atoms. The largest absolute Gasteiger partial charge is 0.468 e. The number of esters is 2. The van der Waals surface area contributed by atoms with Crippen molar-refractivity contribution >= 4 is 23.6 Å². The Morgan fingerprint density at radius 3 is 2.29 bits per heavy atom. The van der Waals surface area contributed by atoms with Crippen LogP contribution in [0.15, 0.2) is 5.16 Å². The molecule has 2 atom stereocenters. The van der Waals surface area contributed by atoms with Gasteiger partial charge < -0.3 is 19.6 Å². The lowest BCUT2D eigenvalue weighted by Gasteiger charge is -2.13. The molecule has 0 saturated heterocycles. The van der Waals surface area contributed by atoms with Gasteiger partial charge >= 0.3 is 11.9 Å². The molecule has 1 heterocycles. The third-order valence-corrected chi connectivity index (χ3v) is 2.21. The van der Waals surface area contributed by atoms with Gasteiger partial charge in [-0.05, 0) is 0 Å². The summed E-state index contributed by atoms with van der Waals surface area (Å²) in [5.74, 6) is -3.43. The summed E-state index contributed by atoms with van der Waals surface area (Å²) in [5, 5.41) is 5.69. The van der Waals surface area contributed by atoms with Gasteiger partial charge in [0.05, 0.1) is 14.2 Å². The van der Waals surface area contributed by atoms with Gasteiger partial charge in [0.1, 0.15) is 0 Å².